The van der Waals surface area contributed by atoms with Crippen molar-refractivity contribution >= 4 is 0 Å². The van der Waals surface area contributed by atoms with E-state index in [1.807, 2.05) is 12.2 Å². The molecule has 1 nitrogen and oxygen atoms in total. The summed E-state index contributed by atoms with van der Waals surface area (Å²) in [5.41, 5.74) is 1.25. The van der Waals surface area contributed by atoms with Gasteiger partial charge in [-0.15, -0.1) is 13.2 Å². The maximum Gasteiger partial charge on any atom is 0.0424 e. The Morgan fingerprint density at radius 3 is 2.12 bits per heavy atom. The van der Waals surface area contributed by atoms with E-state index < -0.39 is 0 Å². The second-order valence-corrected chi connectivity index (χ2v) is 5.79. The van der Waals surface area contributed by atoms with Crippen molar-refractivity contribution in [3.05, 3.63) is 37.6 Å². The Kier molecular flexibility index (Phi) is 5.74. The van der Waals surface area contributed by atoms with Gasteiger partial charge in [0.1, 0.15) is 0 Å². The fourth-order valence-electron chi connectivity index (χ4n) is 1.70. The zero-order valence-corrected chi connectivity index (χ0v) is 12.3. The summed E-state index contributed by atoms with van der Waals surface area (Å²) in [6.45, 7) is 20.8. The Bertz CT molecular complexity index is 284. The van der Waals surface area contributed by atoms with E-state index in [1.165, 1.54) is 5.70 Å². The number of allylic oxidation sites excluding steroid dienone is 2. The van der Waals surface area contributed by atoms with Gasteiger partial charge in [-0.25, -0.2) is 0 Å². The molecule has 17 heavy (non-hydrogen) atoms. The van der Waals surface area contributed by atoms with E-state index in [2.05, 4.69) is 59.4 Å². The van der Waals surface area contributed by atoms with E-state index in [4.69, 9.17) is 0 Å². The molecule has 0 N–H and O–H groups in total. The molecular weight excluding hydrogens is 206 g/mol. The number of hydrogen-bond acceptors (Lipinski definition) is 1. The molecule has 0 aromatic rings. The van der Waals surface area contributed by atoms with Crippen molar-refractivity contribution in [2.45, 2.75) is 52.5 Å². The first-order valence-electron chi connectivity index (χ1n) is 6.36. The van der Waals surface area contributed by atoms with E-state index >= 15 is 0 Å². The van der Waals surface area contributed by atoms with Crippen LogP contribution in [-0.2, 0) is 0 Å². The van der Waals surface area contributed by atoms with Gasteiger partial charge in [0, 0.05) is 23.7 Å². The molecule has 1 heteroatoms. The van der Waals surface area contributed by atoms with Crippen molar-refractivity contribution in [3.63, 3.8) is 0 Å². The standard InChI is InChI=1S/C16H29N/c1-9-11-12-13-14(3)17(8)16(6,7)15(4,5)10-2/h9-10H,1-3,11-13H2,4-8H3. The minimum Gasteiger partial charge on any atom is -0.372 e. The third-order valence-corrected chi connectivity index (χ3v) is 4.27. The molecule has 0 bridgehead atoms. The van der Waals surface area contributed by atoms with Crippen molar-refractivity contribution in [1.82, 2.24) is 4.90 Å². The second-order valence-electron chi connectivity index (χ2n) is 5.79. The van der Waals surface area contributed by atoms with Gasteiger partial charge in [0.05, 0.1) is 0 Å². The molecular formula is C16H29N. The Morgan fingerprint density at radius 2 is 1.71 bits per heavy atom. The monoisotopic (exact) mass is 235 g/mol. The van der Waals surface area contributed by atoms with Gasteiger partial charge in [0.25, 0.3) is 0 Å². The van der Waals surface area contributed by atoms with E-state index in [-0.39, 0.29) is 11.0 Å². The van der Waals surface area contributed by atoms with Crippen molar-refractivity contribution in [3.8, 4) is 0 Å². The third-order valence-electron chi connectivity index (χ3n) is 4.27. The molecule has 0 aromatic heterocycles. The Morgan fingerprint density at radius 1 is 1.18 bits per heavy atom. The zero-order chi connectivity index (χ0) is 13.7. The molecule has 0 fully saturated rings. The minimum atomic E-state index is 0.0139. The summed E-state index contributed by atoms with van der Waals surface area (Å²) < 4.78 is 0. The smallest absolute Gasteiger partial charge is 0.0424 e. The van der Waals surface area contributed by atoms with Gasteiger partial charge in [-0.1, -0.05) is 32.6 Å². The highest BCUT2D eigenvalue weighted by Crippen LogP contribution is 2.38. The highest BCUT2D eigenvalue weighted by molar-refractivity contribution is 5.09. The van der Waals surface area contributed by atoms with Crippen LogP contribution < -0.4 is 0 Å². The first-order chi connectivity index (χ1) is 7.70. The Labute approximate surface area is 108 Å². The summed E-state index contributed by atoms with van der Waals surface area (Å²) in [4.78, 5) is 2.29. The van der Waals surface area contributed by atoms with E-state index in [0.29, 0.717) is 0 Å². The fraction of sp³-hybridized carbons (Fsp3) is 0.625. The molecule has 0 aliphatic heterocycles. The van der Waals surface area contributed by atoms with E-state index in [1.54, 1.807) is 0 Å². The normalized spacial score (nSPS) is 12.1. The van der Waals surface area contributed by atoms with Crippen molar-refractivity contribution < 1.29 is 0 Å². The highest BCUT2D eigenvalue weighted by Gasteiger charge is 2.38. The zero-order valence-electron chi connectivity index (χ0n) is 12.3. The lowest BCUT2D eigenvalue weighted by atomic mass is 9.73. The van der Waals surface area contributed by atoms with Crippen molar-refractivity contribution in [1.29, 1.82) is 0 Å². The molecule has 0 amide bonds. The topological polar surface area (TPSA) is 3.24 Å². The molecule has 0 heterocycles. The van der Waals surface area contributed by atoms with Crippen LogP contribution >= 0.6 is 0 Å². The van der Waals surface area contributed by atoms with Crippen LogP contribution in [0.2, 0.25) is 0 Å². The number of unbranched alkanes of at least 4 members (excludes halogenated alkanes) is 1. The average Bonchev–Trinajstić information content (AvgIpc) is 2.27. The van der Waals surface area contributed by atoms with Crippen LogP contribution in [0.3, 0.4) is 0 Å². The van der Waals surface area contributed by atoms with Gasteiger partial charge in [0.15, 0.2) is 0 Å². The van der Waals surface area contributed by atoms with Crippen LogP contribution in [0, 0.1) is 5.41 Å². The van der Waals surface area contributed by atoms with Gasteiger partial charge in [-0.3, -0.25) is 0 Å². The molecule has 0 aliphatic carbocycles. The summed E-state index contributed by atoms with van der Waals surface area (Å²) in [7, 11) is 2.13. The largest absolute Gasteiger partial charge is 0.372 e. The molecule has 0 aromatic carbocycles. The molecule has 0 spiro atoms. The SMILES string of the molecule is C=CCCCC(=C)N(C)C(C)(C)C(C)(C)C=C. The lowest BCUT2D eigenvalue weighted by molar-refractivity contribution is 0.0899. The summed E-state index contributed by atoms with van der Waals surface area (Å²) in [6.07, 6.45) is 7.20. The minimum absolute atomic E-state index is 0.0139. The molecule has 0 radical (unpaired) electrons. The van der Waals surface area contributed by atoms with Gasteiger partial charge in [-0.2, -0.15) is 0 Å². The van der Waals surface area contributed by atoms with Gasteiger partial charge < -0.3 is 4.90 Å². The number of nitrogens with zero attached hydrogens (tertiary/aromatic N) is 1. The first-order valence-corrected chi connectivity index (χ1v) is 6.36. The van der Waals surface area contributed by atoms with Crippen LogP contribution in [0.15, 0.2) is 37.6 Å². The van der Waals surface area contributed by atoms with Crippen LogP contribution in [-0.4, -0.2) is 17.5 Å². The second kappa shape index (κ2) is 6.09. The Balaban J connectivity index is 4.67. The molecule has 0 aliphatic rings. The quantitative estimate of drug-likeness (QED) is 0.432. The maximum atomic E-state index is 4.20. The van der Waals surface area contributed by atoms with Gasteiger partial charge >= 0.3 is 0 Å². The Hall–Kier alpha value is -0.980. The van der Waals surface area contributed by atoms with Gasteiger partial charge in [0.2, 0.25) is 0 Å². The fourth-order valence-corrected chi connectivity index (χ4v) is 1.70. The number of rotatable bonds is 8. The molecule has 0 rings (SSSR count). The van der Waals surface area contributed by atoms with Crippen LogP contribution in [0.4, 0.5) is 0 Å². The summed E-state index contributed by atoms with van der Waals surface area (Å²) >= 11 is 0. The van der Waals surface area contributed by atoms with Crippen LogP contribution in [0.25, 0.3) is 0 Å². The summed E-state index contributed by atoms with van der Waals surface area (Å²) in [5.74, 6) is 0. The predicted octanol–water partition coefficient (Wildman–Crippen LogP) is 4.78. The van der Waals surface area contributed by atoms with E-state index in [0.717, 1.165) is 19.3 Å². The van der Waals surface area contributed by atoms with Crippen LogP contribution in [0.1, 0.15) is 47.0 Å². The predicted molar refractivity (Wildman–Crippen MR) is 79.0 cm³/mol. The average molecular weight is 235 g/mol. The van der Waals surface area contributed by atoms with Crippen molar-refractivity contribution in [2.24, 2.45) is 5.41 Å². The molecule has 0 saturated carbocycles. The summed E-state index contributed by atoms with van der Waals surface area (Å²) in [5, 5.41) is 0. The molecule has 0 unspecified atom stereocenters. The molecule has 0 atom stereocenters. The van der Waals surface area contributed by atoms with E-state index in [9.17, 15) is 0 Å². The third kappa shape index (κ3) is 3.76. The highest BCUT2D eigenvalue weighted by atomic mass is 15.2. The summed E-state index contributed by atoms with van der Waals surface area (Å²) in [6, 6.07) is 0. The van der Waals surface area contributed by atoms with Crippen molar-refractivity contribution in [2.75, 3.05) is 7.05 Å². The molecule has 0 saturated heterocycles. The lowest BCUT2D eigenvalue weighted by Gasteiger charge is -2.48. The van der Waals surface area contributed by atoms with Gasteiger partial charge in [-0.05, 0) is 33.1 Å². The lowest BCUT2D eigenvalue weighted by Crippen LogP contribution is -2.50. The maximum absolute atomic E-state index is 4.20. The first kappa shape index (κ1) is 16.0. The molecule has 98 valence electrons. The van der Waals surface area contributed by atoms with Crippen LogP contribution in [0.5, 0.6) is 0 Å². The number of hydrogen-bond donors (Lipinski definition) is 0.